The number of Topliss-reactive ketones (excluding diaryl/α,β-unsaturated/α-hetero) is 1. The molecular formula is C15H21NO2. The Morgan fingerprint density at radius 1 is 1.22 bits per heavy atom. The molecule has 1 aliphatic rings. The molecule has 0 atom stereocenters. The first-order valence-corrected chi connectivity index (χ1v) is 6.60. The van der Waals surface area contributed by atoms with Crippen LogP contribution in [-0.2, 0) is 17.9 Å². The highest BCUT2D eigenvalue weighted by Gasteiger charge is 2.21. The van der Waals surface area contributed by atoms with Crippen LogP contribution in [0.2, 0.25) is 0 Å². The molecule has 0 unspecified atom stereocenters. The summed E-state index contributed by atoms with van der Waals surface area (Å²) in [5, 5.41) is 8.99. The van der Waals surface area contributed by atoms with Gasteiger partial charge in [-0.25, -0.2) is 0 Å². The van der Waals surface area contributed by atoms with Crippen LogP contribution in [0.15, 0.2) is 24.3 Å². The van der Waals surface area contributed by atoms with Crippen molar-refractivity contribution in [3.05, 3.63) is 35.4 Å². The summed E-state index contributed by atoms with van der Waals surface area (Å²) in [5.74, 6) is 0.611. The maximum absolute atomic E-state index is 11.3. The van der Waals surface area contributed by atoms with Crippen molar-refractivity contribution in [2.45, 2.75) is 32.9 Å². The fraction of sp³-hybridized carbons (Fsp3) is 0.533. The zero-order valence-electron chi connectivity index (χ0n) is 10.9. The van der Waals surface area contributed by atoms with Gasteiger partial charge in [-0.1, -0.05) is 24.3 Å². The molecule has 1 heterocycles. The third-order valence-corrected chi connectivity index (χ3v) is 3.77. The van der Waals surface area contributed by atoms with Crippen molar-refractivity contribution in [2.75, 3.05) is 13.1 Å². The van der Waals surface area contributed by atoms with Gasteiger partial charge in [-0.15, -0.1) is 0 Å². The molecule has 3 nitrogen and oxygen atoms in total. The maximum Gasteiger partial charge on any atom is 0.133 e. The highest BCUT2D eigenvalue weighted by molar-refractivity contribution is 5.78. The Bertz CT molecular complexity index is 391. The molecule has 0 aromatic heterocycles. The number of likely N-dealkylation sites (tertiary alicyclic amines) is 1. The molecule has 1 saturated heterocycles. The van der Waals surface area contributed by atoms with Crippen LogP contribution in [-0.4, -0.2) is 28.9 Å². The molecule has 0 bridgehead atoms. The molecule has 1 aliphatic heterocycles. The smallest absolute Gasteiger partial charge is 0.133 e. The summed E-state index contributed by atoms with van der Waals surface area (Å²) < 4.78 is 0. The highest BCUT2D eigenvalue weighted by atomic mass is 16.3. The van der Waals surface area contributed by atoms with Crippen LogP contribution < -0.4 is 0 Å². The highest BCUT2D eigenvalue weighted by Crippen LogP contribution is 2.19. The van der Waals surface area contributed by atoms with Crippen molar-refractivity contribution in [3.8, 4) is 0 Å². The van der Waals surface area contributed by atoms with Crippen LogP contribution in [0.1, 0.15) is 30.9 Å². The van der Waals surface area contributed by atoms with Gasteiger partial charge in [0.15, 0.2) is 0 Å². The molecule has 0 saturated carbocycles. The standard InChI is InChI=1S/C15H21NO2/c1-12(18)15-6-8-16(9-7-15)10-13-2-4-14(11-17)5-3-13/h2-5,15,17H,6-11H2,1H3. The number of rotatable bonds is 4. The number of benzene rings is 1. The lowest BCUT2D eigenvalue weighted by molar-refractivity contribution is -0.122. The first-order valence-electron chi connectivity index (χ1n) is 6.60. The Balaban J connectivity index is 1.85. The summed E-state index contributed by atoms with van der Waals surface area (Å²) in [6.07, 6.45) is 1.98. The second-order valence-electron chi connectivity index (χ2n) is 5.14. The maximum atomic E-state index is 11.3. The second kappa shape index (κ2) is 6.12. The van der Waals surface area contributed by atoms with Crippen molar-refractivity contribution >= 4 is 5.78 Å². The number of ketones is 1. The number of aliphatic hydroxyl groups excluding tert-OH is 1. The first-order chi connectivity index (χ1) is 8.69. The van der Waals surface area contributed by atoms with Gasteiger partial charge in [0.25, 0.3) is 0 Å². The van der Waals surface area contributed by atoms with E-state index in [1.54, 1.807) is 6.92 Å². The molecular weight excluding hydrogens is 226 g/mol. The molecule has 0 radical (unpaired) electrons. The van der Waals surface area contributed by atoms with Crippen molar-refractivity contribution in [1.82, 2.24) is 4.90 Å². The van der Waals surface area contributed by atoms with Crippen molar-refractivity contribution < 1.29 is 9.90 Å². The number of piperidine rings is 1. The van der Waals surface area contributed by atoms with Gasteiger partial charge in [-0.05, 0) is 44.0 Å². The van der Waals surface area contributed by atoms with Crippen LogP contribution in [0.4, 0.5) is 0 Å². The van der Waals surface area contributed by atoms with Crippen LogP contribution >= 0.6 is 0 Å². The Kier molecular flexibility index (Phi) is 4.50. The lowest BCUT2D eigenvalue weighted by atomic mass is 9.93. The van der Waals surface area contributed by atoms with Crippen LogP contribution in [0.25, 0.3) is 0 Å². The summed E-state index contributed by atoms with van der Waals surface area (Å²) in [4.78, 5) is 13.7. The van der Waals surface area contributed by atoms with Crippen molar-refractivity contribution in [3.63, 3.8) is 0 Å². The Morgan fingerprint density at radius 3 is 2.28 bits per heavy atom. The normalized spacial score (nSPS) is 17.9. The van der Waals surface area contributed by atoms with Gasteiger partial charge < -0.3 is 5.11 Å². The molecule has 3 heteroatoms. The number of carbonyl (C=O) groups is 1. The second-order valence-corrected chi connectivity index (χ2v) is 5.14. The molecule has 1 fully saturated rings. The molecule has 0 amide bonds. The Hall–Kier alpha value is -1.19. The third-order valence-electron chi connectivity index (χ3n) is 3.77. The van der Waals surface area contributed by atoms with Crippen molar-refractivity contribution in [1.29, 1.82) is 0 Å². The zero-order chi connectivity index (χ0) is 13.0. The monoisotopic (exact) mass is 247 g/mol. The van der Waals surface area contributed by atoms with E-state index < -0.39 is 0 Å². The Morgan fingerprint density at radius 2 is 1.78 bits per heavy atom. The predicted molar refractivity (Wildman–Crippen MR) is 71.0 cm³/mol. The van der Waals surface area contributed by atoms with E-state index in [9.17, 15) is 4.79 Å². The van der Waals surface area contributed by atoms with Gasteiger partial charge in [-0.2, -0.15) is 0 Å². The number of carbonyl (C=O) groups excluding carboxylic acids is 1. The van der Waals surface area contributed by atoms with Gasteiger partial charge in [0, 0.05) is 12.5 Å². The average Bonchev–Trinajstić information content (AvgIpc) is 2.40. The van der Waals surface area contributed by atoms with Crippen LogP contribution in [0.5, 0.6) is 0 Å². The molecule has 1 aromatic carbocycles. The lowest BCUT2D eigenvalue weighted by Gasteiger charge is -2.30. The molecule has 0 aliphatic carbocycles. The van der Waals surface area contributed by atoms with Crippen LogP contribution in [0, 0.1) is 5.92 Å². The fourth-order valence-corrected chi connectivity index (χ4v) is 2.51. The summed E-state index contributed by atoms with van der Waals surface area (Å²) in [6, 6.07) is 8.08. The average molecular weight is 247 g/mol. The third kappa shape index (κ3) is 3.40. The van der Waals surface area contributed by atoms with E-state index in [2.05, 4.69) is 17.0 Å². The molecule has 0 spiro atoms. The summed E-state index contributed by atoms with van der Waals surface area (Å²) in [6.45, 7) is 4.76. The van der Waals surface area contributed by atoms with Crippen molar-refractivity contribution in [2.24, 2.45) is 5.92 Å². The largest absolute Gasteiger partial charge is 0.392 e. The van der Waals surface area contributed by atoms with E-state index in [0.717, 1.165) is 38.0 Å². The van der Waals surface area contributed by atoms with Gasteiger partial charge in [-0.3, -0.25) is 9.69 Å². The number of nitrogens with zero attached hydrogens (tertiary/aromatic N) is 1. The van der Waals surface area contributed by atoms with E-state index in [1.807, 2.05) is 12.1 Å². The quantitative estimate of drug-likeness (QED) is 0.884. The van der Waals surface area contributed by atoms with Gasteiger partial charge in [0.05, 0.1) is 6.61 Å². The van der Waals surface area contributed by atoms with Gasteiger partial charge >= 0.3 is 0 Å². The SMILES string of the molecule is CC(=O)C1CCN(Cc2ccc(CO)cc2)CC1. The molecule has 1 N–H and O–H groups in total. The summed E-state index contributed by atoms with van der Waals surface area (Å²) in [5.41, 5.74) is 2.22. The Labute approximate surface area is 108 Å². The number of aliphatic hydroxyl groups is 1. The van der Waals surface area contributed by atoms with Crippen LogP contribution in [0.3, 0.4) is 0 Å². The minimum atomic E-state index is 0.101. The van der Waals surface area contributed by atoms with Gasteiger partial charge in [0.1, 0.15) is 5.78 Å². The summed E-state index contributed by atoms with van der Waals surface area (Å²) in [7, 11) is 0. The zero-order valence-corrected chi connectivity index (χ0v) is 10.9. The number of hydrogen-bond acceptors (Lipinski definition) is 3. The molecule has 18 heavy (non-hydrogen) atoms. The lowest BCUT2D eigenvalue weighted by Crippen LogP contribution is -2.35. The van der Waals surface area contributed by atoms with Gasteiger partial charge in [0.2, 0.25) is 0 Å². The fourth-order valence-electron chi connectivity index (χ4n) is 2.51. The minimum absolute atomic E-state index is 0.101. The first kappa shape index (κ1) is 13.2. The molecule has 2 rings (SSSR count). The predicted octanol–water partition coefficient (Wildman–Crippen LogP) is 1.98. The topological polar surface area (TPSA) is 40.5 Å². The van der Waals surface area contributed by atoms with E-state index >= 15 is 0 Å². The molecule has 1 aromatic rings. The van der Waals surface area contributed by atoms with E-state index in [1.165, 1.54) is 5.56 Å². The van der Waals surface area contributed by atoms with E-state index in [0.29, 0.717) is 5.78 Å². The van der Waals surface area contributed by atoms with E-state index in [-0.39, 0.29) is 12.5 Å². The van der Waals surface area contributed by atoms with E-state index in [4.69, 9.17) is 5.11 Å². The molecule has 98 valence electrons. The minimum Gasteiger partial charge on any atom is -0.392 e. The summed E-state index contributed by atoms with van der Waals surface area (Å²) >= 11 is 0. The number of hydrogen-bond donors (Lipinski definition) is 1.